The minimum absolute atomic E-state index is 0.106. The van der Waals surface area contributed by atoms with Gasteiger partial charge in [0.1, 0.15) is 0 Å². The number of rotatable bonds is 3. The predicted molar refractivity (Wildman–Crippen MR) is 89.3 cm³/mol. The van der Waals surface area contributed by atoms with Crippen LogP contribution in [0, 0.1) is 13.8 Å². The number of hydrogen-bond donors (Lipinski definition) is 1. The van der Waals surface area contributed by atoms with Crippen LogP contribution in [0.1, 0.15) is 20.8 Å². The second-order valence-corrected chi connectivity index (χ2v) is 6.57. The Hall–Kier alpha value is -1.98. The van der Waals surface area contributed by atoms with E-state index in [1.807, 2.05) is 16.8 Å². The number of thiophene rings is 1. The van der Waals surface area contributed by atoms with Gasteiger partial charge in [-0.25, -0.2) is 4.98 Å². The Morgan fingerprint density at radius 2 is 2.00 bits per heavy atom. The first-order valence-corrected chi connectivity index (χ1v) is 8.27. The van der Waals surface area contributed by atoms with Gasteiger partial charge < -0.3 is 0 Å². The molecule has 0 atom stereocenters. The molecule has 5 heteroatoms. The largest absolute Gasteiger partial charge is 0.297 e. The first-order chi connectivity index (χ1) is 10.1. The number of anilines is 1. The van der Waals surface area contributed by atoms with Gasteiger partial charge in [-0.05, 0) is 42.5 Å². The summed E-state index contributed by atoms with van der Waals surface area (Å²) in [5.41, 5.74) is 4.47. The molecule has 0 aliphatic heterocycles. The number of nitrogens with zero attached hydrogens (tertiary/aromatic N) is 1. The molecule has 3 rings (SSSR count). The van der Waals surface area contributed by atoms with Crippen LogP contribution in [-0.2, 0) is 0 Å². The van der Waals surface area contributed by atoms with E-state index in [0.29, 0.717) is 10.0 Å². The van der Waals surface area contributed by atoms with E-state index in [9.17, 15) is 4.79 Å². The Kier molecular flexibility index (Phi) is 3.86. The van der Waals surface area contributed by atoms with E-state index in [2.05, 4.69) is 42.3 Å². The molecule has 1 N–H and O–H groups in total. The van der Waals surface area contributed by atoms with Gasteiger partial charge in [0.25, 0.3) is 5.91 Å². The van der Waals surface area contributed by atoms with Crippen LogP contribution < -0.4 is 5.32 Å². The van der Waals surface area contributed by atoms with Crippen molar-refractivity contribution in [2.45, 2.75) is 13.8 Å². The molecule has 0 unspecified atom stereocenters. The zero-order valence-electron chi connectivity index (χ0n) is 11.7. The summed E-state index contributed by atoms with van der Waals surface area (Å²) in [4.78, 5) is 17.2. The van der Waals surface area contributed by atoms with Crippen LogP contribution in [0.5, 0.6) is 0 Å². The molecule has 1 aromatic carbocycles. The number of thiazole rings is 1. The Balaban J connectivity index is 1.80. The molecule has 2 heterocycles. The van der Waals surface area contributed by atoms with Crippen LogP contribution in [0.2, 0.25) is 0 Å². The molecule has 2 aromatic heterocycles. The van der Waals surface area contributed by atoms with Gasteiger partial charge in [-0.1, -0.05) is 18.2 Å². The number of carbonyl (C=O) groups is 1. The maximum absolute atomic E-state index is 12.0. The third-order valence-corrected chi connectivity index (χ3v) is 4.90. The summed E-state index contributed by atoms with van der Waals surface area (Å²) in [5, 5.41) is 7.32. The van der Waals surface area contributed by atoms with Crippen molar-refractivity contribution < 1.29 is 4.79 Å². The molecule has 0 saturated carbocycles. The number of aromatic nitrogens is 1. The van der Waals surface area contributed by atoms with Crippen LogP contribution in [0.25, 0.3) is 11.3 Å². The van der Waals surface area contributed by atoms with E-state index < -0.39 is 0 Å². The topological polar surface area (TPSA) is 42.0 Å². The van der Waals surface area contributed by atoms with Crippen LogP contribution in [0.3, 0.4) is 0 Å². The fraction of sp³-hybridized carbons (Fsp3) is 0.125. The van der Waals surface area contributed by atoms with Gasteiger partial charge in [-0.2, -0.15) is 0 Å². The lowest BCUT2D eigenvalue weighted by Crippen LogP contribution is -2.09. The van der Waals surface area contributed by atoms with Crippen molar-refractivity contribution >= 4 is 33.7 Å². The molecule has 0 spiro atoms. The van der Waals surface area contributed by atoms with Crippen molar-refractivity contribution in [3.05, 3.63) is 57.1 Å². The third-order valence-electron chi connectivity index (χ3n) is 3.27. The quantitative estimate of drug-likeness (QED) is 0.758. The summed E-state index contributed by atoms with van der Waals surface area (Å²) in [6.07, 6.45) is 0. The van der Waals surface area contributed by atoms with E-state index >= 15 is 0 Å². The second kappa shape index (κ2) is 5.79. The highest BCUT2D eigenvalue weighted by atomic mass is 32.1. The average Bonchev–Trinajstić information content (AvgIpc) is 3.12. The van der Waals surface area contributed by atoms with Crippen LogP contribution in [0.4, 0.5) is 5.13 Å². The Morgan fingerprint density at radius 1 is 1.14 bits per heavy atom. The summed E-state index contributed by atoms with van der Waals surface area (Å²) < 4.78 is 0. The van der Waals surface area contributed by atoms with E-state index in [1.165, 1.54) is 33.8 Å². The molecule has 3 aromatic rings. The predicted octanol–water partition coefficient (Wildman–Crippen LogP) is 4.74. The van der Waals surface area contributed by atoms with Gasteiger partial charge in [-0.3, -0.25) is 10.1 Å². The van der Waals surface area contributed by atoms with Gasteiger partial charge in [0.05, 0.1) is 10.6 Å². The number of carbonyl (C=O) groups excluding carboxylic acids is 1. The average molecular weight is 314 g/mol. The molecular formula is C16H14N2OS2. The van der Waals surface area contributed by atoms with E-state index in [-0.39, 0.29) is 5.91 Å². The van der Waals surface area contributed by atoms with Crippen molar-refractivity contribution in [1.82, 2.24) is 4.98 Å². The fourth-order valence-corrected chi connectivity index (χ4v) is 3.26. The first-order valence-electron chi connectivity index (χ1n) is 6.51. The highest BCUT2D eigenvalue weighted by molar-refractivity contribution is 7.14. The van der Waals surface area contributed by atoms with Crippen molar-refractivity contribution in [1.29, 1.82) is 0 Å². The highest BCUT2D eigenvalue weighted by Crippen LogP contribution is 2.27. The Labute approximate surface area is 131 Å². The van der Waals surface area contributed by atoms with Gasteiger partial charge in [-0.15, -0.1) is 22.7 Å². The number of aryl methyl sites for hydroxylation is 2. The zero-order valence-corrected chi connectivity index (χ0v) is 13.3. The van der Waals surface area contributed by atoms with Gasteiger partial charge >= 0.3 is 0 Å². The molecule has 21 heavy (non-hydrogen) atoms. The molecule has 0 fully saturated rings. The third kappa shape index (κ3) is 3.04. The highest BCUT2D eigenvalue weighted by Gasteiger charge is 2.10. The van der Waals surface area contributed by atoms with E-state index in [4.69, 9.17) is 0 Å². The molecule has 0 saturated heterocycles. The number of amides is 1. The van der Waals surface area contributed by atoms with Crippen LogP contribution >= 0.6 is 22.7 Å². The maximum Gasteiger partial charge on any atom is 0.267 e. The number of hydrogen-bond acceptors (Lipinski definition) is 4. The maximum atomic E-state index is 12.0. The van der Waals surface area contributed by atoms with Crippen molar-refractivity contribution in [2.24, 2.45) is 0 Å². The van der Waals surface area contributed by atoms with E-state index in [1.54, 1.807) is 6.07 Å². The lowest BCUT2D eigenvalue weighted by atomic mass is 10.1. The summed E-state index contributed by atoms with van der Waals surface area (Å²) in [6, 6.07) is 9.94. The number of nitrogens with one attached hydrogen (secondary N) is 1. The molecule has 3 nitrogen and oxygen atoms in total. The molecule has 0 aliphatic rings. The van der Waals surface area contributed by atoms with Gasteiger partial charge in [0, 0.05) is 10.9 Å². The van der Waals surface area contributed by atoms with Gasteiger partial charge in [0.2, 0.25) is 0 Å². The lowest BCUT2D eigenvalue weighted by molar-refractivity contribution is 0.103. The molecular weight excluding hydrogens is 300 g/mol. The summed E-state index contributed by atoms with van der Waals surface area (Å²) in [5.74, 6) is -0.106. The van der Waals surface area contributed by atoms with Crippen molar-refractivity contribution in [3.8, 4) is 11.3 Å². The molecule has 106 valence electrons. The van der Waals surface area contributed by atoms with Crippen LogP contribution in [0.15, 0.2) is 41.1 Å². The smallest absolute Gasteiger partial charge is 0.267 e. The van der Waals surface area contributed by atoms with Crippen molar-refractivity contribution in [3.63, 3.8) is 0 Å². The van der Waals surface area contributed by atoms with Crippen LogP contribution in [-0.4, -0.2) is 10.9 Å². The Morgan fingerprint density at radius 3 is 2.71 bits per heavy atom. The first kappa shape index (κ1) is 14.0. The fourth-order valence-electron chi connectivity index (χ4n) is 1.93. The molecule has 1 amide bonds. The SMILES string of the molecule is Cc1ccc(-c2csc(NC(=O)c3cccs3)n2)cc1C. The van der Waals surface area contributed by atoms with E-state index in [0.717, 1.165) is 11.3 Å². The molecule has 0 bridgehead atoms. The minimum atomic E-state index is -0.106. The van der Waals surface area contributed by atoms with Crippen molar-refractivity contribution in [2.75, 3.05) is 5.32 Å². The standard InChI is InChI=1S/C16H14N2OS2/c1-10-5-6-12(8-11(10)2)13-9-21-16(17-13)18-15(19)14-4-3-7-20-14/h3-9H,1-2H3,(H,17,18,19). The Bertz CT molecular complexity index is 775. The zero-order chi connectivity index (χ0) is 14.8. The molecule has 0 aliphatic carbocycles. The summed E-state index contributed by atoms with van der Waals surface area (Å²) in [7, 11) is 0. The lowest BCUT2D eigenvalue weighted by Gasteiger charge is -2.02. The molecule has 0 radical (unpaired) electrons. The normalized spacial score (nSPS) is 10.6. The summed E-state index contributed by atoms with van der Waals surface area (Å²) >= 11 is 2.86. The monoisotopic (exact) mass is 314 g/mol. The summed E-state index contributed by atoms with van der Waals surface area (Å²) in [6.45, 7) is 4.18. The second-order valence-electron chi connectivity index (χ2n) is 4.77. The minimum Gasteiger partial charge on any atom is -0.297 e. The number of benzene rings is 1. The van der Waals surface area contributed by atoms with Gasteiger partial charge in [0.15, 0.2) is 5.13 Å².